The highest BCUT2D eigenvalue weighted by Crippen LogP contribution is 2.24. The molecule has 0 fully saturated rings. The first-order valence-electron chi connectivity index (χ1n) is 9.36. The van der Waals surface area contributed by atoms with E-state index in [9.17, 15) is 14.7 Å². The summed E-state index contributed by atoms with van der Waals surface area (Å²) in [6, 6.07) is 6.13. The van der Waals surface area contributed by atoms with Gasteiger partial charge in [0.1, 0.15) is 29.8 Å². The normalized spacial score (nSPS) is 11.7. The molecule has 1 atom stereocenters. The summed E-state index contributed by atoms with van der Waals surface area (Å²) in [7, 11) is 1.47. The van der Waals surface area contributed by atoms with Crippen molar-refractivity contribution in [2.75, 3.05) is 7.11 Å². The molecule has 3 heterocycles. The third-order valence-corrected chi connectivity index (χ3v) is 4.59. The van der Waals surface area contributed by atoms with Gasteiger partial charge in [0.05, 0.1) is 12.8 Å². The second-order valence-electron chi connectivity index (χ2n) is 6.55. The zero-order chi connectivity index (χ0) is 21.7. The van der Waals surface area contributed by atoms with E-state index < -0.39 is 12.0 Å². The highest BCUT2D eigenvalue weighted by Gasteiger charge is 2.18. The molecule has 1 unspecified atom stereocenters. The van der Waals surface area contributed by atoms with E-state index in [0.717, 1.165) is 11.1 Å². The van der Waals surface area contributed by atoms with Gasteiger partial charge in [-0.15, -0.1) is 0 Å². The fourth-order valence-corrected chi connectivity index (χ4v) is 2.79. The number of aldehydes is 1. The first kappa shape index (κ1) is 21.0. The maximum Gasteiger partial charge on any atom is 0.328 e. The molecular weight excluding hydrogens is 388 g/mol. The number of pyridine rings is 2. The van der Waals surface area contributed by atoms with Gasteiger partial charge in [0.15, 0.2) is 6.29 Å². The Labute approximate surface area is 173 Å². The van der Waals surface area contributed by atoms with Crippen molar-refractivity contribution >= 4 is 12.3 Å². The molecule has 0 aliphatic heterocycles. The Morgan fingerprint density at radius 3 is 2.70 bits per heavy atom. The molecule has 0 aliphatic carbocycles. The smallest absolute Gasteiger partial charge is 0.328 e. The second-order valence-corrected chi connectivity index (χ2v) is 6.55. The molecule has 0 bridgehead atoms. The van der Waals surface area contributed by atoms with Gasteiger partial charge in [0.2, 0.25) is 5.88 Å². The fourth-order valence-electron chi connectivity index (χ4n) is 2.79. The topological polar surface area (TPSA) is 116 Å². The lowest BCUT2D eigenvalue weighted by atomic mass is 10.1. The van der Waals surface area contributed by atoms with Crippen LogP contribution in [0.5, 0.6) is 11.6 Å². The van der Waals surface area contributed by atoms with E-state index in [1.54, 1.807) is 31.5 Å². The average molecular weight is 410 g/mol. The standard InChI is InChI=1S/C21H22N4O5/c1-4-15-10-25(13(2)21(27)28)24-20(15)16-6-5-14(9-22-16)12-30-18-7-8-19(29-3)23-17(18)11-26/h5-11,13H,4,12H2,1-3H3,(H,27,28). The maximum absolute atomic E-state index is 11.2. The molecule has 3 aromatic heterocycles. The number of carbonyl (C=O) groups is 2. The molecular formula is C21H22N4O5. The minimum atomic E-state index is -0.949. The van der Waals surface area contributed by atoms with Crippen LogP contribution in [0.15, 0.2) is 36.7 Å². The van der Waals surface area contributed by atoms with Gasteiger partial charge in [-0.05, 0) is 31.0 Å². The highest BCUT2D eigenvalue weighted by molar-refractivity contribution is 5.76. The Balaban J connectivity index is 1.76. The molecule has 0 spiro atoms. The van der Waals surface area contributed by atoms with Crippen molar-refractivity contribution in [3.63, 3.8) is 0 Å². The zero-order valence-electron chi connectivity index (χ0n) is 16.9. The van der Waals surface area contributed by atoms with Gasteiger partial charge in [-0.1, -0.05) is 13.0 Å². The maximum atomic E-state index is 11.2. The van der Waals surface area contributed by atoms with E-state index >= 15 is 0 Å². The van der Waals surface area contributed by atoms with Crippen LogP contribution in [0.1, 0.15) is 41.5 Å². The quantitative estimate of drug-likeness (QED) is 0.535. The summed E-state index contributed by atoms with van der Waals surface area (Å²) in [5, 5.41) is 13.6. The minimum absolute atomic E-state index is 0.157. The summed E-state index contributed by atoms with van der Waals surface area (Å²) in [6.07, 6.45) is 4.71. The largest absolute Gasteiger partial charge is 0.486 e. The van der Waals surface area contributed by atoms with Crippen molar-refractivity contribution in [1.29, 1.82) is 0 Å². The predicted octanol–water partition coefficient (Wildman–Crippen LogP) is 2.95. The number of carboxylic acids is 1. The number of carboxylic acid groups (broad SMARTS) is 1. The Kier molecular flexibility index (Phi) is 6.41. The molecule has 9 heteroatoms. The summed E-state index contributed by atoms with van der Waals surface area (Å²) in [6.45, 7) is 3.76. The van der Waals surface area contributed by atoms with Gasteiger partial charge < -0.3 is 14.6 Å². The number of aryl methyl sites for hydroxylation is 1. The van der Waals surface area contributed by atoms with Gasteiger partial charge in [-0.25, -0.2) is 9.78 Å². The van der Waals surface area contributed by atoms with Crippen molar-refractivity contribution in [2.45, 2.75) is 32.9 Å². The molecule has 0 saturated heterocycles. The zero-order valence-corrected chi connectivity index (χ0v) is 16.9. The van der Waals surface area contributed by atoms with Crippen LogP contribution < -0.4 is 9.47 Å². The first-order valence-corrected chi connectivity index (χ1v) is 9.36. The number of aliphatic carboxylic acids is 1. The van der Waals surface area contributed by atoms with E-state index in [4.69, 9.17) is 9.47 Å². The predicted molar refractivity (Wildman–Crippen MR) is 108 cm³/mol. The fraction of sp³-hybridized carbons (Fsp3) is 0.286. The van der Waals surface area contributed by atoms with E-state index in [1.165, 1.54) is 11.8 Å². The molecule has 156 valence electrons. The lowest BCUT2D eigenvalue weighted by Gasteiger charge is -2.09. The van der Waals surface area contributed by atoms with E-state index in [0.29, 0.717) is 35.7 Å². The number of carbonyl (C=O) groups excluding carboxylic acids is 1. The van der Waals surface area contributed by atoms with Crippen LogP contribution in [0.4, 0.5) is 0 Å². The summed E-state index contributed by atoms with van der Waals surface area (Å²) in [5.74, 6) is -0.265. The summed E-state index contributed by atoms with van der Waals surface area (Å²) >= 11 is 0. The molecule has 1 N–H and O–H groups in total. The van der Waals surface area contributed by atoms with Crippen LogP contribution in [0.3, 0.4) is 0 Å². The van der Waals surface area contributed by atoms with Gasteiger partial charge in [0, 0.05) is 24.0 Å². The third kappa shape index (κ3) is 4.45. The van der Waals surface area contributed by atoms with Gasteiger partial charge in [0.25, 0.3) is 0 Å². The number of hydrogen-bond donors (Lipinski definition) is 1. The first-order chi connectivity index (χ1) is 14.5. The molecule has 9 nitrogen and oxygen atoms in total. The molecule has 0 aliphatic rings. The van der Waals surface area contributed by atoms with Crippen LogP contribution in [-0.4, -0.2) is 44.2 Å². The van der Waals surface area contributed by atoms with E-state index in [-0.39, 0.29) is 12.3 Å². The SMILES string of the molecule is CCc1cn(C(C)C(=O)O)nc1-c1ccc(COc2ccc(OC)nc2C=O)cn1. The summed E-state index contributed by atoms with van der Waals surface area (Å²) < 4.78 is 12.1. The van der Waals surface area contributed by atoms with Crippen LogP contribution in [0.2, 0.25) is 0 Å². The average Bonchev–Trinajstić information content (AvgIpc) is 3.21. The minimum Gasteiger partial charge on any atom is -0.486 e. The molecule has 3 aromatic rings. The Morgan fingerprint density at radius 1 is 1.30 bits per heavy atom. The van der Waals surface area contributed by atoms with Crippen molar-refractivity contribution in [1.82, 2.24) is 19.7 Å². The summed E-state index contributed by atoms with van der Waals surface area (Å²) in [5.41, 5.74) is 3.17. The molecule has 0 amide bonds. The number of ether oxygens (including phenoxy) is 2. The van der Waals surface area contributed by atoms with Crippen LogP contribution in [0.25, 0.3) is 11.4 Å². The van der Waals surface area contributed by atoms with Gasteiger partial charge in [-0.2, -0.15) is 5.10 Å². The van der Waals surface area contributed by atoms with Crippen LogP contribution in [-0.2, 0) is 17.8 Å². The number of hydrogen-bond acceptors (Lipinski definition) is 7. The molecule has 0 radical (unpaired) electrons. The highest BCUT2D eigenvalue weighted by atomic mass is 16.5. The van der Waals surface area contributed by atoms with Crippen molar-refractivity contribution in [2.24, 2.45) is 0 Å². The molecule has 3 rings (SSSR count). The Morgan fingerprint density at radius 2 is 2.10 bits per heavy atom. The number of nitrogens with zero attached hydrogens (tertiary/aromatic N) is 4. The second kappa shape index (κ2) is 9.17. The third-order valence-electron chi connectivity index (χ3n) is 4.59. The van der Waals surface area contributed by atoms with Gasteiger partial charge in [-0.3, -0.25) is 14.5 Å². The Hall–Kier alpha value is -3.75. The summed E-state index contributed by atoms with van der Waals surface area (Å²) in [4.78, 5) is 30.9. The molecule has 0 aromatic carbocycles. The lowest BCUT2D eigenvalue weighted by Crippen LogP contribution is -2.15. The van der Waals surface area contributed by atoms with E-state index in [2.05, 4.69) is 15.1 Å². The molecule has 30 heavy (non-hydrogen) atoms. The van der Waals surface area contributed by atoms with Crippen LogP contribution in [0, 0.1) is 0 Å². The molecule has 0 saturated carbocycles. The van der Waals surface area contributed by atoms with Crippen molar-refractivity contribution in [3.05, 3.63) is 53.5 Å². The van der Waals surface area contributed by atoms with E-state index in [1.807, 2.05) is 19.1 Å². The van der Waals surface area contributed by atoms with Gasteiger partial charge >= 0.3 is 5.97 Å². The number of aromatic nitrogens is 4. The number of rotatable bonds is 9. The van der Waals surface area contributed by atoms with Crippen molar-refractivity contribution < 1.29 is 24.2 Å². The number of methoxy groups -OCH3 is 1. The lowest BCUT2D eigenvalue weighted by molar-refractivity contribution is -0.140. The van der Waals surface area contributed by atoms with Crippen LogP contribution >= 0.6 is 0 Å². The Bertz CT molecular complexity index is 1050. The van der Waals surface area contributed by atoms with Crippen molar-refractivity contribution in [3.8, 4) is 23.0 Å². The monoisotopic (exact) mass is 410 g/mol.